The first kappa shape index (κ1) is 10.1. The van der Waals surface area contributed by atoms with Gasteiger partial charge < -0.3 is 0 Å². The second-order valence-corrected chi connectivity index (χ2v) is 4.67. The van der Waals surface area contributed by atoms with E-state index in [2.05, 4.69) is 4.98 Å². The van der Waals surface area contributed by atoms with Crippen LogP contribution in [0.25, 0.3) is 0 Å². The van der Waals surface area contributed by atoms with E-state index in [1.165, 1.54) is 12.3 Å². The number of aromatic nitrogens is 1. The lowest BCUT2D eigenvalue weighted by atomic mass is 10.3. The molecule has 0 unspecified atom stereocenters. The number of pyridine rings is 1. The van der Waals surface area contributed by atoms with Crippen LogP contribution < -0.4 is 11.0 Å². The van der Waals surface area contributed by atoms with Crippen LogP contribution in [0.3, 0.4) is 0 Å². The summed E-state index contributed by atoms with van der Waals surface area (Å²) in [5.41, 5.74) is 10.4. The van der Waals surface area contributed by atoms with Crippen molar-refractivity contribution in [2.75, 3.05) is 6.16 Å². The SMILES string of the molecule is NP(N)(=O)CC(=O)c1ccccn1. The zero-order valence-corrected chi connectivity index (χ0v) is 7.78. The zero-order valence-electron chi connectivity index (χ0n) is 6.88. The Labute approximate surface area is 75.6 Å². The van der Waals surface area contributed by atoms with Crippen molar-refractivity contribution in [3.05, 3.63) is 30.1 Å². The first-order chi connectivity index (χ1) is 5.99. The summed E-state index contributed by atoms with van der Waals surface area (Å²) in [5, 5.41) is 0. The molecule has 0 atom stereocenters. The Balaban J connectivity index is 2.76. The fourth-order valence-corrected chi connectivity index (χ4v) is 1.44. The molecule has 6 heteroatoms. The van der Waals surface area contributed by atoms with E-state index >= 15 is 0 Å². The Kier molecular flexibility index (Phi) is 2.93. The highest BCUT2D eigenvalue weighted by Gasteiger charge is 2.17. The quantitative estimate of drug-likeness (QED) is 0.541. The van der Waals surface area contributed by atoms with Gasteiger partial charge in [-0.2, -0.15) is 0 Å². The molecule has 1 heterocycles. The fraction of sp³-hybridized carbons (Fsp3) is 0.143. The van der Waals surface area contributed by atoms with Gasteiger partial charge in [-0.15, -0.1) is 0 Å². The van der Waals surface area contributed by atoms with Crippen LogP contribution in [-0.4, -0.2) is 16.9 Å². The minimum atomic E-state index is -3.28. The van der Waals surface area contributed by atoms with Gasteiger partial charge >= 0.3 is 0 Å². The summed E-state index contributed by atoms with van der Waals surface area (Å²) < 4.78 is 10.9. The van der Waals surface area contributed by atoms with E-state index in [0.29, 0.717) is 0 Å². The van der Waals surface area contributed by atoms with Gasteiger partial charge in [0, 0.05) is 6.20 Å². The van der Waals surface area contributed by atoms with Crippen molar-refractivity contribution in [2.45, 2.75) is 0 Å². The Morgan fingerprint density at radius 3 is 2.62 bits per heavy atom. The topological polar surface area (TPSA) is 99.1 Å². The van der Waals surface area contributed by atoms with Gasteiger partial charge in [0.05, 0.1) is 6.16 Å². The third-order valence-corrected chi connectivity index (χ3v) is 2.12. The van der Waals surface area contributed by atoms with E-state index < -0.39 is 13.2 Å². The normalized spacial score (nSPS) is 11.2. The molecule has 0 aromatic carbocycles. The van der Waals surface area contributed by atoms with Gasteiger partial charge in [0.25, 0.3) is 0 Å². The van der Waals surface area contributed by atoms with Crippen molar-refractivity contribution >= 4 is 13.2 Å². The summed E-state index contributed by atoms with van der Waals surface area (Å²) in [6.45, 7) is 0. The first-order valence-electron chi connectivity index (χ1n) is 3.59. The Morgan fingerprint density at radius 1 is 1.46 bits per heavy atom. The number of carbonyl (C=O) groups excluding carboxylic acids is 1. The van der Waals surface area contributed by atoms with Crippen LogP contribution in [0.1, 0.15) is 10.5 Å². The average Bonchev–Trinajstić information content (AvgIpc) is 2.03. The molecule has 0 saturated heterocycles. The molecule has 0 radical (unpaired) electrons. The summed E-state index contributed by atoms with van der Waals surface area (Å²) in [7, 11) is -3.28. The molecule has 4 N–H and O–H groups in total. The van der Waals surface area contributed by atoms with Crippen LogP contribution in [0.4, 0.5) is 0 Å². The summed E-state index contributed by atoms with van der Waals surface area (Å²) in [4.78, 5) is 15.0. The highest BCUT2D eigenvalue weighted by molar-refractivity contribution is 7.60. The summed E-state index contributed by atoms with van der Waals surface area (Å²) >= 11 is 0. The summed E-state index contributed by atoms with van der Waals surface area (Å²) in [5.74, 6) is -0.395. The molecule has 1 rings (SSSR count). The molecule has 70 valence electrons. The van der Waals surface area contributed by atoms with E-state index in [-0.39, 0.29) is 11.9 Å². The number of Topliss-reactive ketones (excluding diaryl/α,β-unsaturated/α-hetero) is 1. The third kappa shape index (κ3) is 3.46. The van der Waals surface area contributed by atoms with Gasteiger partial charge in [0.1, 0.15) is 5.69 Å². The van der Waals surface area contributed by atoms with E-state index in [1.807, 2.05) is 0 Å². The molecule has 1 aromatic heterocycles. The Bertz CT molecular complexity index is 346. The highest BCUT2D eigenvalue weighted by atomic mass is 31.2. The third-order valence-electron chi connectivity index (χ3n) is 1.34. The minimum Gasteiger partial charge on any atom is -0.292 e. The number of hydrogen-bond acceptors (Lipinski definition) is 3. The van der Waals surface area contributed by atoms with E-state index in [9.17, 15) is 9.36 Å². The second kappa shape index (κ2) is 3.79. The average molecular weight is 199 g/mol. The van der Waals surface area contributed by atoms with Gasteiger partial charge in [-0.05, 0) is 12.1 Å². The van der Waals surface area contributed by atoms with Crippen molar-refractivity contribution in [1.82, 2.24) is 4.98 Å². The number of nitrogens with two attached hydrogens (primary N) is 2. The maximum atomic E-state index is 11.3. The maximum Gasteiger partial charge on any atom is 0.213 e. The number of rotatable bonds is 3. The number of nitrogens with zero attached hydrogens (tertiary/aromatic N) is 1. The van der Waals surface area contributed by atoms with Crippen molar-refractivity contribution in [3.63, 3.8) is 0 Å². The molecule has 0 amide bonds. The van der Waals surface area contributed by atoms with Crippen LogP contribution >= 0.6 is 7.44 Å². The molecule has 0 bridgehead atoms. The van der Waals surface area contributed by atoms with Gasteiger partial charge in [-0.1, -0.05) is 6.07 Å². The summed E-state index contributed by atoms with van der Waals surface area (Å²) in [6, 6.07) is 4.87. The molecular weight excluding hydrogens is 189 g/mol. The van der Waals surface area contributed by atoms with Crippen molar-refractivity contribution < 1.29 is 9.36 Å². The van der Waals surface area contributed by atoms with Gasteiger partial charge in [-0.25, -0.2) is 0 Å². The fourth-order valence-electron chi connectivity index (χ4n) is 0.833. The molecule has 0 fully saturated rings. The van der Waals surface area contributed by atoms with Gasteiger partial charge in [-0.3, -0.25) is 25.4 Å². The molecule has 0 saturated carbocycles. The molecule has 0 aliphatic heterocycles. The number of hydrogen-bond donors (Lipinski definition) is 2. The Hall–Kier alpha value is -1.03. The zero-order chi connectivity index (χ0) is 9.90. The molecular formula is C7H10N3O2P. The van der Waals surface area contributed by atoms with Crippen molar-refractivity contribution in [2.24, 2.45) is 11.0 Å². The smallest absolute Gasteiger partial charge is 0.213 e. The monoisotopic (exact) mass is 199 g/mol. The molecule has 0 spiro atoms. The Morgan fingerprint density at radius 2 is 2.15 bits per heavy atom. The van der Waals surface area contributed by atoms with E-state index in [1.54, 1.807) is 12.1 Å². The maximum absolute atomic E-state index is 11.3. The second-order valence-electron chi connectivity index (χ2n) is 2.65. The minimum absolute atomic E-state index is 0.235. The molecule has 0 aliphatic carbocycles. The van der Waals surface area contributed by atoms with Crippen LogP contribution in [0, 0.1) is 0 Å². The largest absolute Gasteiger partial charge is 0.292 e. The van der Waals surface area contributed by atoms with Crippen molar-refractivity contribution in [3.8, 4) is 0 Å². The lowest BCUT2D eigenvalue weighted by molar-refractivity contribution is 0.101. The van der Waals surface area contributed by atoms with Gasteiger partial charge in [0.15, 0.2) is 5.78 Å². The predicted molar refractivity (Wildman–Crippen MR) is 49.4 cm³/mol. The first-order valence-corrected chi connectivity index (χ1v) is 5.62. The van der Waals surface area contributed by atoms with Gasteiger partial charge in [0.2, 0.25) is 7.44 Å². The van der Waals surface area contributed by atoms with Crippen LogP contribution in [0.2, 0.25) is 0 Å². The van der Waals surface area contributed by atoms with Crippen LogP contribution in [0.15, 0.2) is 24.4 Å². The predicted octanol–water partition coefficient (Wildman–Crippen LogP) is 0.375. The highest BCUT2D eigenvalue weighted by Crippen LogP contribution is 2.25. The molecule has 0 aliphatic rings. The van der Waals surface area contributed by atoms with E-state index in [4.69, 9.17) is 11.0 Å². The lowest BCUT2D eigenvalue weighted by Crippen LogP contribution is -2.16. The van der Waals surface area contributed by atoms with Crippen LogP contribution in [0.5, 0.6) is 0 Å². The lowest BCUT2D eigenvalue weighted by Gasteiger charge is -2.03. The van der Waals surface area contributed by atoms with E-state index in [0.717, 1.165) is 0 Å². The van der Waals surface area contributed by atoms with Crippen LogP contribution in [-0.2, 0) is 4.57 Å². The molecule has 5 nitrogen and oxygen atoms in total. The summed E-state index contributed by atoms with van der Waals surface area (Å²) in [6.07, 6.45) is 1.13. The number of carbonyl (C=O) groups is 1. The van der Waals surface area contributed by atoms with Crippen molar-refractivity contribution in [1.29, 1.82) is 0 Å². The molecule has 13 heavy (non-hydrogen) atoms. The standard InChI is InChI=1S/C7H10N3O2P/c8-13(9,12)5-7(11)6-3-1-2-4-10-6/h1-4H,5H2,(H4,8,9,12). The molecule has 1 aromatic rings. The number of ketones is 1.